The van der Waals surface area contributed by atoms with E-state index in [0.717, 1.165) is 11.1 Å². The highest BCUT2D eigenvalue weighted by Gasteiger charge is 2.11. The molecule has 0 fully saturated rings. The van der Waals surface area contributed by atoms with Crippen LogP contribution in [0.5, 0.6) is 0 Å². The molecule has 0 saturated carbocycles. The van der Waals surface area contributed by atoms with Crippen molar-refractivity contribution >= 4 is 17.4 Å². The number of benzene rings is 2. The Morgan fingerprint density at radius 3 is 2.44 bits per heavy atom. The lowest BCUT2D eigenvalue weighted by Gasteiger charge is -2.12. The van der Waals surface area contributed by atoms with Crippen LogP contribution < -0.4 is 17.1 Å². The van der Waals surface area contributed by atoms with Gasteiger partial charge in [0.1, 0.15) is 0 Å². The molecule has 0 saturated heterocycles. The first-order valence-corrected chi connectivity index (χ1v) is 7.56. The van der Waals surface area contributed by atoms with Gasteiger partial charge in [-0.15, -0.1) is 5.90 Å². The van der Waals surface area contributed by atoms with E-state index in [9.17, 15) is 0 Å². The van der Waals surface area contributed by atoms with Gasteiger partial charge < -0.3 is 10.7 Å². The molecule has 0 amide bonds. The molecule has 0 atom stereocenters. The molecule has 0 aromatic heterocycles. The van der Waals surface area contributed by atoms with Crippen molar-refractivity contribution < 1.29 is 9.78 Å². The smallest absolute Gasteiger partial charge is 0.175 e. The highest BCUT2D eigenvalue weighted by molar-refractivity contribution is 6.21. The van der Waals surface area contributed by atoms with Crippen LogP contribution in [0.15, 0.2) is 76.9 Å². The summed E-state index contributed by atoms with van der Waals surface area (Å²) in [5, 5.41) is 3.46. The molecule has 0 bridgehead atoms. The summed E-state index contributed by atoms with van der Waals surface area (Å²) in [4.78, 5) is 14.2. The van der Waals surface area contributed by atoms with Gasteiger partial charge in [-0.25, -0.2) is 10.5 Å². The van der Waals surface area contributed by atoms with Gasteiger partial charge in [0.05, 0.1) is 17.9 Å². The Hall–Kier alpha value is -3.16. The van der Waals surface area contributed by atoms with E-state index in [2.05, 4.69) is 27.1 Å². The second kappa shape index (κ2) is 9.21. The summed E-state index contributed by atoms with van der Waals surface area (Å²) in [7, 11) is 0. The third-order valence-electron chi connectivity index (χ3n) is 3.27. The molecule has 5 N–H and O–H groups in total. The number of hydrogen-bond donors (Lipinski definition) is 3. The van der Waals surface area contributed by atoms with Crippen molar-refractivity contribution in [3.63, 3.8) is 0 Å². The fraction of sp³-hybridized carbons (Fsp3) is 0.111. The van der Waals surface area contributed by atoms with Gasteiger partial charge >= 0.3 is 0 Å². The summed E-state index contributed by atoms with van der Waals surface area (Å²) in [6.45, 7) is 6.18. The molecule has 0 aliphatic heterocycles. The van der Waals surface area contributed by atoms with Gasteiger partial charge in [0, 0.05) is 0 Å². The van der Waals surface area contributed by atoms with Gasteiger partial charge in [-0.2, -0.15) is 0 Å². The number of rotatable bonds is 7. The second-order valence-corrected chi connectivity index (χ2v) is 5.23. The Balaban J connectivity index is 2.15. The summed E-state index contributed by atoms with van der Waals surface area (Å²) >= 11 is 0. The van der Waals surface area contributed by atoms with Gasteiger partial charge in [-0.3, -0.25) is 4.84 Å². The molecule has 0 unspecified atom stereocenters. The zero-order valence-corrected chi connectivity index (χ0v) is 14.0. The van der Waals surface area contributed by atoms with Gasteiger partial charge in [0.25, 0.3) is 0 Å². The van der Waals surface area contributed by atoms with Crippen molar-refractivity contribution in [1.29, 1.82) is 0 Å². The summed E-state index contributed by atoms with van der Waals surface area (Å²) in [6.07, 6.45) is 0. The largest absolute Gasteiger partial charge is 0.380 e. The maximum Gasteiger partial charge on any atom is 0.175 e. The Morgan fingerprint density at radius 2 is 1.80 bits per heavy atom. The van der Waals surface area contributed by atoms with Crippen LogP contribution in [-0.4, -0.2) is 11.7 Å². The van der Waals surface area contributed by atoms with E-state index < -0.39 is 0 Å². The minimum atomic E-state index is -0.0100. The highest BCUT2D eigenvalue weighted by Crippen LogP contribution is 2.14. The van der Waals surface area contributed by atoms with Crippen molar-refractivity contribution in [3.05, 3.63) is 77.9 Å². The first-order chi connectivity index (χ1) is 12.1. The fourth-order valence-electron chi connectivity index (χ4n) is 1.90. The summed E-state index contributed by atoms with van der Waals surface area (Å²) in [6, 6.07) is 17.3. The van der Waals surface area contributed by atoms with E-state index in [1.807, 2.05) is 61.5 Å². The molecule has 0 spiro atoms. The molecule has 0 radical (unpaired) electrons. The number of amidine groups is 2. The SMILES string of the molecule is C=C(C(=Nc1ccc(C)cc1)NOCc1ccccc1)/C(N)=N\ON. The molecule has 0 aliphatic carbocycles. The number of hydroxylamine groups is 1. The van der Waals surface area contributed by atoms with Crippen LogP contribution in [-0.2, 0) is 16.4 Å². The molecular formula is C18H21N5O2. The molecule has 7 heteroatoms. The van der Waals surface area contributed by atoms with Gasteiger partial charge in [0.15, 0.2) is 11.7 Å². The van der Waals surface area contributed by atoms with E-state index in [0.29, 0.717) is 23.7 Å². The molecular weight excluding hydrogens is 318 g/mol. The first-order valence-electron chi connectivity index (χ1n) is 7.56. The molecule has 2 rings (SSSR count). The number of hydrogen-bond acceptors (Lipinski definition) is 5. The van der Waals surface area contributed by atoms with Gasteiger partial charge in [0.2, 0.25) is 0 Å². The van der Waals surface area contributed by atoms with E-state index in [-0.39, 0.29) is 5.84 Å². The van der Waals surface area contributed by atoms with Gasteiger partial charge in [-0.05, 0) is 29.8 Å². The zero-order chi connectivity index (χ0) is 18.1. The predicted molar refractivity (Wildman–Crippen MR) is 98.7 cm³/mol. The number of nitrogens with two attached hydrogens (primary N) is 2. The average Bonchev–Trinajstić information content (AvgIpc) is 2.63. The molecule has 2 aromatic rings. The van der Waals surface area contributed by atoms with Crippen LogP contribution >= 0.6 is 0 Å². The standard InChI is InChI=1S/C18H21N5O2/c1-13-8-10-16(11-9-13)21-18(14(2)17(19)22-25-20)23-24-12-15-6-4-3-5-7-15/h3-11H,2,12,20H2,1H3,(H2,19,22)(H,21,23). The minimum absolute atomic E-state index is 0.0100. The normalized spacial score (nSPS) is 11.9. The lowest BCUT2D eigenvalue weighted by molar-refractivity contribution is 0.0716. The van der Waals surface area contributed by atoms with Crippen molar-refractivity contribution in [1.82, 2.24) is 5.48 Å². The van der Waals surface area contributed by atoms with Crippen molar-refractivity contribution in [2.24, 2.45) is 21.8 Å². The van der Waals surface area contributed by atoms with Crippen LogP contribution in [0.3, 0.4) is 0 Å². The lowest BCUT2D eigenvalue weighted by atomic mass is 10.2. The molecule has 25 heavy (non-hydrogen) atoms. The number of nitrogens with zero attached hydrogens (tertiary/aromatic N) is 2. The summed E-state index contributed by atoms with van der Waals surface area (Å²) < 4.78 is 0. The Bertz CT molecular complexity index is 755. The van der Waals surface area contributed by atoms with Crippen LogP contribution in [0.2, 0.25) is 0 Å². The van der Waals surface area contributed by atoms with E-state index in [1.54, 1.807) is 0 Å². The number of nitrogens with one attached hydrogen (secondary N) is 1. The average molecular weight is 339 g/mol. The topological polar surface area (TPSA) is 107 Å². The monoisotopic (exact) mass is 339 g/mol. The van der Waals surface area contributed by atoms with Crippen molar-refractivity contribution in [2.75, 3.05) is 0 Å². The lowest BCUT2D eigenvalue weighted by Crippen LogP contribution is -2.31. The fourth-order valence-corrected chi connectivity index (χ4v) is 1.90. The third-order valence-corrected chi connectivity index (χ3v) is 3.27. The maximum atomic E-state index is 5.76. The van der Waals surface area contributed by atoms with E-state index in [1.165, 1.54) is 0 Å². The summed E-state index contributed by atoms with van der Waals surface area (Å²) in [5.41, 5.74) is 11.7. The molecule has 2 aromatic carbocycles. The second-order valence-electron chi connectivity index (χ2n) is 5.23. The van der Waals surface area contributed by atoms with Crippen molar-refractivity contribution in [2.45, 2.75) is 13.5 Å². The zero-order valence-electron chi connectivity index (χ0n) is 14.0. The molecule has 0 aliphatic rings. The van der Waals surface area contributed by atoms with Crippen LogP contribution in [0.25, 0.3) is 0 Å². The Kier molecular flexibility index (Phi) is 6.70. The summed E-state index contributed by atoms with van der Waals surface area (Å²) in [5.74, 6) is 5.21. The van der Waals surface area contributed by atoms with E-state index in [4.69, 9.17) is 16.5 Å². The minimum Gasteiger partial charge on any atom is -0.380 e. The molecule has 7 nitrogen and oxygen atoms in total. The van der Waals surface area contributed by atoms with Crippen LogP contribution in [0.4, 0.5) is 5.69 Å². The number of aliphatic imine (C=N–C) groups is 1. The molecule has 0 heterocycles. The number of oxime groups is 1. The highest BCUT2D eigenvalue weighted by atomic mass is 16.7. The predicted octanol–water partition coefficient (Wildman–Crippen LogP) is 2.47. The molecule has 130 valence electrons. The Morgan fingerprint density at radius 1 is 1.12 bits per heavy atom. The van der Waals surface area contributed by atoms with Crippen LogP contribution in [0, 0.1) is 6.92 Å². The van der Waals surface area contributed by atoms with Gasteiger partial charge in [-0.1, -0.05) is 54.6 Å². The quantitative estimate of drug-likeness (QED) is 0.408. The first kappa shape index (κ1) is 18.2. The van der Waals surface area contributed by atoms with Crippen LogP contribution in [0.1, 0.15) is 11.1 Å². The number of aryl methyl sites for hydroxylation is 1. The third kappa shape index (κ3) is 5.76. The van der Waals surface area contributed by atoms with E-state index >= 15 is 0 Å². The maximum absolute atomic E-state index is 5.76. The Labute approximate surface area is 146 Å². The van der Waals surface area contributed by atoms with Crippen molar-refractivity contribution in [3.8, 4) is 0 Å².